The average Bonchev–Trinajstić information content (AvgIpc) is 2.31. The summed E-state index contributed by atoms with van der Waals surface area (Å²) in [6.07, 6.45) is 4.88. The Morgan fingerprint density at radius 1 is 1.76 bits per heavy atom. The molecule has 0 aromatic rings. The van der Waals surface area contributed by atoms with E-state index in [1.54, 1.807) is 19.3 Å². The number of carbonyl (C=O) groups excluding carboxylic acids is 1. The Bertz CT molecular complexity index is 403. The van der Waals surface area contributed by atoms with Crippen molar-refractivity contribution >= 4 is 5.97 Å². The second-order valence-corrected chi connectivity index (χ2v) is 4.29. The molecule has 0 saturated heterocycles. The van der Waals surface area contributed by atoms with Gasteiger partial charge in [-0.1, -0.05) is 0 Å². The molecule has 0 aromatic carbocycles. The predicted molar refractivity (Wildman–Crippen MR) is 62.8 cm³/mol. The summed E-state index contributed by atoms with van der Waals surface area (Å²) in [5, 5.41) is 8.93. The lowest BCUT2D eigenvalue weighted by atomic mass is 9.93. The molecule has 0 N–H and O–H groups in total. The second-order valence-electron chi connectivity index (χ2n) is 4.29. The molecule has 0 fully saturated rings. The first kappa shape index (κ1) is 13.3. The maximum absolute atomic E-state index is 11.5. The standard InChI is InChI=1S/C13H17NO3/c1-4-16-12(15)11(8-14)7-13(3)6-5-10(2)9-17-13/h7,9H,4-6H2,1-3H3/b11-7-. The quantitative estimate of drug-likeness (QED) is 0.428. The molecule has 1 heterocycles. The molecule has 92 valence electrons. The van der Waals surface area contributed by atoms with Gasteiger partial charge in [0, 0.05) is 0 Å². The number of rotatable bonds is 3. The Morgan fingerprint density at radius 3 is 2.94 bits per heavy atom. The summed E-state index contributed by atoms with van der Waals surface area (Å²) in [5.74, 6) is -0.592. The fraction of sp³-hybridized carbons (Fsp3) is 0.538. The Kier molecular flexibility index (Phi) is 4.33. The van der Waals surface area contributed by atoms with Crippen molar-refractivity contribution in [3.63, 3.8) is 0 Å². The van der Waals surface area contributed by atoms with E-state index in [0.29, 0.717) is 0 Å². The fourth-order valence-electron chi connectivity index (χ4n) is 1.56. The van der Waals surface area contributed by atoms with Gasteiger partial charge >= 0.3 is 5.97 Å². The van der Waals surface area contributed by atoms with Gasteiger partial charge in [0.05, 0.1) is 12.9 Å². The highest BCUT2D eigenvalue weighted by Gasteiger charge is 2.28. The summed E-state index contributed by atoms with van der Waals surface area (Å²) in [4.78, 5) is 11.5. The molecule has 1 aliphatic heterocycles. The second kappa shape index (κ2) is 5.53. The van der Waals surface area contributed by atoms with Gasteiger partial charge in [0.15, 0.2) is 0 Å². The molecule has 17 heavy (non-hydrogen) atoms. The summed E-state index contributed by atoms with van der Waals surface area (Å²) in [6.45, 7) is 5.80. The summed E-state index contributed by atoms with van der Waals surface area (Å²) >= 11 is 0. The molecule has 0 bridgehead atoms. The highest BCUT2D eigenvalue weighted by Crippen LogP contribution is 2.28. The van der Waals surface area contributed by atoms with Crippen molar-refractivity contribution in [1.29, 1.82) is 5.26 Å². The minimum atomic E-state index is -0.600. The van der Waals surface area contributed by atoms with E-state index in [-0.39, 0.29) is 12.2 Å². The molecule has 4 heteroatoms. The van der Waals surface area contributed by atoms with E-state index in [1.807, 2.05) is 19.9 Å². The van der Waals surface area contributed by atoms with Crippen LogP contribution in [0.2, 0.25) is 0 Å². The van der Waals surface area contributed by atoms with Crippen LogP contribution >= 0.6 is 0 Å². The molecular formula is C13H17NO3. The van der Waals surface area contributed by atoms with Gasteiger partial charge in [-0.2, -0.15) is 5.26 Å². The molecule has 1 atom stereocenters. The number of allylic oxidation sites excluding steroid dienone is 1. The minimum Gasteiger partial charge on any atom is -0.491 e. The molecule has 0 aromatic heterocycles. The van der Waals surface area contributed by atoms with Gasteiger partial charge in [0.1, 0.15) is 17.2 Å². The zero-order valence-electron chi connectivity index (χ0n) is 10.4. The molecule has 0 aliphatic carbocycles. The number of hydrogen-bond acceptors (Lipinski definition) is 4. The number of nitrogens with zero attached hydrogens (tertiary/aromatic N) is 1. The van der Waals surface area contributed by atoms with E-state index in [1.165, 1.54) is 0 Å². The van der Waals surface area contributed by atoms with Crippen LogP contribution in [-0.4, -0.2) is 18.2 Å². The zero-order valence-corrected chi connectivity index (χ0v) is 10.4. The maximum atomic E-state index is 11.5. The Labute approximate surface area is 102 Å². The van der Waals surface area contributed by atoms with E-state index in [0.717, 1.165) is 18.4 Å². The van der Waals surface area contributed by atoms with Gasteiger partial charge in [0.25, 0.3) is 0 Å². The van der Waals surface area contributed by atoms with E-state index >= 15 is 0 Å². The number of hydrogen-bond donors (Lipinski definition) is 0. The molecule has 0 spiro atoms. The molecule has 1 aliphatic rings. The predicted octanol–water partition coefficient (Wildman–Crippen LogP) is 2.47. The molecule has 1 unspecified atom stereocenters. The lowest BCUT2D eigenvalue weighted by molar-refractivity contribution is -0.138. The first-order valence-electron chi connectivity index (χ1n) is 5.64. The van der Waals surface area contributed by atoms with Crippen LogP contribution in [-0.2, 0) is 14.3 Å². The fourth-order valence-corrected chi connectivity index (χ4v) is 1.56. The first-order chi connectivity index (χ1) is 8.00. The molecule has 0 radical (unpaired) electrons. The summed E-state index contributed by atoms with van der Waals surface area (Å²) in [6, 6.07) is 1.86. The van der Waals surface area contributed by atoms with E-state index in [4.69, 9.17) is 14.7 Å². The van der Waals surface area contributed by atoms with E-state index < -0.39 is 11.6 Å². The van der Waals surface area contributed by atoms with Crippen LogP contribution in [0.1, 0.15) is 33.6 Å². The van der Waals surface area contributed by atoms with Crippen molar-refractivity contribution in [1.82, 2.24) is 0 Å². The summed E-state index contributed by atoms with van der Waals surface area (Å²) in [5.41, 5.74) is 0.560. The average molecular weight is 235 g/mol. The molecule has 4 nitrogen and oxygen atoms in total. The van der Waals surface area contributed by atoms with Crippen molar-refractivity contribution in [2.45, 2.75) is 39.2 Å². The van der Waals surface area contributed by atoms with Crippen molar-refractivity contribution in [3.8, 4) is 6.07 Å². The van der Waals surface area contributed by atoms with Crippen LogP contribution < -0.4 is 0 Å². The Balaban J connectivity index is 2.85. The number of ether oxygens (including phenoxy) is 2. The lowest BCUT2D eigenvalue weighted by Gasteiger charge is -2.30. The third-order valence-corrected chi connectivity index (χ3v) is 2.61. The third-order valence-electron chi connectivity index (χ3n) is 2.61. The smallest absolute Gasteiger partial charge is 0.348 e. The highest BCUT2D eigenvalue weighted by atomic mass is 16.5. The van der Waals surface area contributed by atoms with Crippen molar-refractivity contribution in [2.24, 2.45) is 0 Å². The normalized spacial score (nSPS) is 24.4. The van der Waals surface area contributed by atoms with Crippen LogP contribution in [0.4, 0.5) is 0 Å². The molecule has 1 rings (SSSR count). The highest BCUT2D eigenvalue weighted by molar-refractivity contribution is 5.92. The third kappa shape index (κ3) is 3.63. The van der Waals surface area contributed by atoms with Gasteiger partial charge in [0.2, 0.25) is 0 Å². The van der Waals surface area contributed by atoms with Crippen molar-refractivity contribution in [3.05, 3.63) is 23.5 Å². The van der Waals surface area contributed by atoms with Crippen LogP contribution in [0.15, 0.2) is 23.5 Å². The van der Waals surface area contributed by atoms with Crippen LogP contribution in [0, 0.1) is 11.3 Å². The van der Waals surface area contributed by atoms with Crippen molar-refractivity contribution < 1.29 is 14.3 Å². The van der Waals surface area contributed by atoms with Gasteiger partial charge in [-0.05, 0) is 45.3 Å². The van der Waals surface area contributed by atoms with Gasteiger partial charge in [-0.25, -0.2) is 4.79 Å². The van der Waals surface area contributed by atoms with Gasteiger partial charge in [-0.15, -0.1) is 0 Å². The van der Waals surface area contributed by atoms with Crippen LogP contribution in [0.5, 0.6) is 0 Å². The van der Waals surface area contributed by atoms with Crippen LogP contribution in [0.3, 0.4) is 0 Å². The van der Waals surface area contributed by atoms with E-state index in [2.05, 4.69) is 0 Å². The molecule has 0 amide bonds. The topological polar surface area (TPSA) is 59.3 Å². The lowest BCUT2D eigenvalue weighted by Crippen LogP contribution is -2.28. The Hall–Kier alpha value is -1.76. The van der Waals surface area contributed by atoms with Gasteiger partial charge < -0.3 is 9.47 Å². The maximum Gasteiger partial charge on any atom is 0.348 e. The minimum absolute atomic E-state index is 0.00213. The van der Waals surface area contributed by atoms with Crippen molar-refractivity contribution in [2.75, 3.05) is 6.61 Å². The Morgan fingerprint density at radius 2 is 2.47 bits per heavy atom. The number of esters is 1. The zero-order chi connectivity index (χ0) is 12.9. The number of nitriles is 1. The monoisotopic (exact) mass is 235 g/mol. The largest absolute Gasteiger partial charge is 0.491 e. The molecule has 0 saturated carbocycles. The van der Waals surface area contributed by atoms with E-state index in [9.17, 15) is 4.79 Å². The van der Waals surface area contributed by atoms with Gasteiger partial charge in [-0.3, -0.25) is 0 Å². The molecular weight excluding hydrogens is 218 g/mol. The SMILES string of the molecule is CCOC(=O)/C(C#N)=C\C1(C)CCC(C)=CO1. The number of carbonyl (C=O) groups is 1. The summed E-state index contributed by atoms with van der Waals surface area (Å²) in [7, 11) is 0. The first-order valence-corrected chi connectivity index (χ1v) is 5.64. The van der Waals surface area contributed by atoms with Crippen LogP contribution in [0.25, 0.3) is 0 Å². The summed E-state index contributed by atoms with van der Waals surface area (Å²) < 4.78 is 10.3.